The van der Waals surface area contributed by atoms with Crippen molar-refractivity contribution in [3.63, 3.8) is 0 Å². The Labute approximate surface area is 188 Å². The normalized spacial score (nSPS) is 20.5. The van der Waals surface area contributed by atoms with Crippen molar-refractivity contribution in [1.82, 2.24) is 13.5 Å². The number of piperazine rings is 1. The van der Waals surface area contributed by atoms with Gasteiger partial charge in [-0.2, -0.15) is 30.2 Å². The maximum Gasteiger partial charge on any atom is 0.416 e. The smallest absolute Gasteiger partial charge is 0.340 e. The van der Waals surface area contributed by atoms with Gasteiger partial charge in [0.2, 0.25) is 5.91 Å². The molecule has 1 aromatic rings. The van der Waals surface area contributed by atoms with Gasteiger partial charge in [-0.3, -0.25) is 4.79 Å². The van der Waals surface area contributed by atoms with Crippen LogP contribution in [0.1, 0.15) is 62.5 Å². The first kappa shape index (κ1) is 25.0. The molecule has 1 saturated carbocycles. The monoisotopic (exact) mass is 475 g/mol. The molecule has 32 heavy (non-hydrogen) atoms. The Morgan fingerprint density at radius 1 is 1.06 bits per heavy atom. The lowest BCUT2D eigenvalue weighted by atomic mass is 9.96. The first-order valence-corrected chi connectivity index (χ1v) is 12.6. The van der Waals surface area contributed by atoms with E-state index in [0.29, 0.717) is 18.7 Å². The third-order valence-electron chi connectivity index (χ3n) is 6.66. The van der Waals surface area contributed by atoms with Crippen LogP contribution in [0.5, 0.6) is 0 Å². The Morgan fingerprint density at radius 3 is 2.16 bits per heavy atom. The Hall–Kier alpha value is -1.65. The van der Waals surface area contributed by atoms with E-state index < -0.39 is 21.9 Å². The molecule has 1 aromatic carbocycles. The molecule has 0 bridgehead atoms. The number of benzene rings is 1. The minimum atomic E-state index is -4.39. The summed E-state index contributed by atoms with van der Waals surface area (Å²) < 4.78 is 67.1. The summed E-state index contributed by atoms with van der Waals surface area (Å²) in [6.45, 7) is 2.94. The maximum absolute atomic E-state index is 13.0. The molecule has 2 fully saturated rings. The summed E-state index contributed by atoms with van der Waals surface area (Å²) in [5.41, 5.74) is -0.0445. The predicted molar refractivity (Wildman–Crippen MR) is 116 cm³/mol. The highest BCUT2D eigenvalue weighted by molar-refractivity contribution is 7.86. The topological polar surface area (TPSA) is 60.9 Å². The number of amides is 1. The van der Waals surface area contributed by atoms with Gasteiger partial charge in [0.1, 0.15) is 0 Å². The van der Waals surface area contributed by atoms with Gasteiger partial charge < -0.3 is 4.90 Å². The fraction of sp³-hybridized carbons (Fsp3) is 0.682. The number of carbonyl (C=O) groups is 1. The highest BCUT2D eigenvalue weighted by Gasteiger charge is 2.35. The molecule has 0 aromatic heterocycles. The average molecular weight is 476 g/mol. The van der Waals surface area contributed by atoms with Crippen LogP contribution in [-0.4, -0.2) is 67.1 Å². The Balaban J connectivity index is 1.52. The van der Waals surface area contributed by atoms with E-state index in [2.05, 4.69) is 0 Å². The predicted octanol–water partition coefficient (Wildman–Crippen LogP) is 3.85. The van der Waals surface area contributed by atoms with Gasteiger partial charge in [-0.1, -0.05) is 38.3 Å². The summed E-state index contributed by atoms with van der Waals surface area (Å²) in [6, 6.07) is 4.92. The lowest BCUT2D eigenvalue weighted by Gasteiger charge is -2.39. The molecule has 1 unspecified atom stereocenters. The minimum Gasteiger partial charge on any atom is -0.340 e. The first-order chi connectivity index (χ1) is 15.0. The van der Waals surface area contributed by atoms with E-state index in [0.717, 1.165) is 44.2 Å². The minimum absolute atomic E-state index is 0.0398. The number of alkyl halides is 3. The highest BCUT2D eigenvalue weighted by atomic mass is 32.2. The van der Waals surface area contributed by atoms with Gasteiger partial charge in [0, 0.05) is 45.7 Å². The van der Waals surface area contributed by atoms with Crippen LogP contribution in [0.4, 0.5) is 13.2 Å². The van der Waals surface area contributed by atoms with Crippen LogP contribution in [0.3, 0.4) is 0 Å². The van der Waals surface area contributed by atoms with E-state index in [4.69, 9.17) is 0 Å². The van der Waals surface area contributed by atoms with E-state index in [-0.39, 0.29) is 37.4 Å². The largest absolute Gasteiger partial charge is 0.416 e. The van der Waals surface area contributed by atoms with Crippen LogP contribution < -0.4 is 0 Å². The van der Waals surface area contributed by atoms with Gasteiger partial charge in [0.05, 0.1) is 5.56 Å². The molecule has 1 saturated heterocycles. The second-order valence-corrected chi connectivity index (χ2v) is 10.8. The summed E-state index contributed by atoms with van der Waals surface area (Å²) in [5.74, 6) is -0.348. The van der Waals surface area contributed by atoms with Crippen molar-refractivity contribution >= 4 is 16.1 Å². The van der Waals surface area contributed by atoms with Crippen LogP contribution >= 0.6 is 0 Å². The third kappa shape index (κ3) is 5.82. The number of hydrogen-bond donors (Lipinski definition) is 0. The summed E-state index contributed by atoms with van der Waals surface area (Å²) >= 11 is 0. The Bertz CT molecular complexity index is 876. The molecular formula is C22H32F3N3O3S. The second kappa shape index (κ2) is 10.1. The molecule has 2 aliphatic rings. The van der Waals surface area contributed by atoms with Gasteiger partial charge in [0.15, 0.2) is 0 Å². The van der Waals surface area contributed by atoms with Crippen LogP contribution in [0.25, 0.3) is 0 Å². The van der Waals surface area contributed by atoms with E-state index in [1.54, 1.807) is 18.9 Å². The van der Waals surface area contributed by atoms with Crippen molar-refractivity contribution in [2.24, 2.45) is 0 Å². The zero-order chi connectivity index (χ0) is 23.5. The van der Waals surface area contributed by atoms with E-state index in [1.807, 2.05) is 0 Å². The van der Waals surface area contributed by atoms with Crippen molar-refractivity contribution in [2.45, 2.75) is 63.6 Å². The average Bonchev–Trinajstić information content (AvgIpc) is 2.78. The molecule has 1 atom stereocenters. The number of hydrogen-bond acceptors (Lipinski definition) is 3. The zero-order valence-electron chi connectivity index (χ0n) is 18.6. The summed E-state index contributed by atoms with van der Waals surface area (Å²) in [5, 5.41) is 0. The molecule has 1 heterocycles. The standard InChI is InChI=1S/C22H32F3N3O3S/c1-17(18-8-10-19(11-9-18)22(23,24)25)16-21(29)27-12-14-28(15-13-27)32(30,31)26(2)20-6-4-3-5-7-20/h8-11,17,20H,3-7,12-16H2,1-2H3. The first-order valence-electron chi connectivity index (χ1n) is 11.2. The van der Waals surface area contributed by atoms with E-state index >= 15 is 0 Å². The number of nitrogens with zero attached hydrogens (tertiary/aromatic N) is 3. The van der Waals surface area contributed by atoms with Gasteiger partial charge in [0.25, 0.3) is 10.2 Å². The summed E-state index contributed by atoms with van der Waals surface area (Å²) in [4.78, 5) is 14.4. The second-order valence-electron chi connectivity index (χ2n) is 8.82. The molecular weight excluding hydrogens is 443 g/mol. The fourth-order valence-corrected chi connectivity index (χ4v) is 6.07. The van der Waals surface area contributed by atoms with Gasteiger partial charge in [-0.25, -0.2) is 0 Å². The van der Waals surface area contributed by atoms with Gasteiger partial charge in [-0.05, 0) is 36.5 Å². The third-order valence-corrected chi connectivity index (χ3v) is 8.70. The number of carbonyl (C=O) groups excluding carboxylic acids is 1. The molecule has 1 amide bonds. The lowest BCUT2D eigenvalue weighted by molar-refractivity contribution is -0.137. The molecule has 10 heteroatoms. The molecule has 1 aliphatic carbocycles. The fourth-order valence-electron chi connectivity index (χ4n) is 4.49. The molecule has 180 valence electrons. The SMILES string of the molecule is CC(CC(=O)N1CCN(S(=O)(=O)N(C)C2CCCCC2)CC1)c1ccc(C(F)(F)F)cc1. The van der Waals surface area contributed by atoms with Gasteiger partial charge in [-0.15, -0.1) is 0 Å². The van der Waals surface area contributed by atoms with Crippen LogP contribution in [-0.2, 0) is 21.2 Å². The Morgan fingerprint density at radius 2 is 1.62 bits per heavy atom. The molecule has 0 spiro atoms. The molecule has 6 nitrogen and oxygen atoms in total. The van der Waals surface area contributed by atoms with Crippen molar-refractivity contribution in [1.29, 1.82) is 0 Å². The number of rotatable bonds is 6. The summed E-state index contributed by atoms with van der Waals surface area (Å²) in [7, 11) is -1.91. The quantitative estimate of drug-likeness (QED) is 0.628. The van der Waals surface area contributed by atoms with E-state index in [1.165, 1.54) is 20.7 Å². The zero-order valence-corrected chi connectivity index (χ0v) is 19.5. The highest BCUT2D eigenvalue weighted by Crippen LogP contribution is 2.31. The number of halogens is 3. The molecule has 0 radical (unpaired) electrons. The van der Waals surface area contributed by atoms with E-state index in [9.17, 15) is 26.4 Å². The van der Waals surface area contributed by atoms with Crippen molar-refractivity contribution in [3.8, 4) is 0 Å². The van der Waals surface area contributed by atoms with Crippen molar-refractivity contribution in [2.75, 3.05) is 33.2 Å². The van der Waals surface area contributed by atoms with Crippen LogP contribution in [0.15, 0.2) is 24.3 Å². The maximum atomic E-state index is 13.0. The van der Waals surface area contributed by atoms with Crippen LogP contribution in [0, 0.1) is 0 Å². The molecule has 0 N–H and O–H groups in total. The Kier molecular flexibility index (Phi) is 7.88. The molecule has 1 aliphatic heterocycles. The van der Waals surface area contributed by atoms with Crippen molar-refractivity contribution < 1.29 is 26.4 Å². The van der Waals surface area contributed by atoms with Crippen LogP contribution in [0.2, 0.25) is 0 Å². The molecule has 3 rings (SSSR count). The van der Waals surface area contributed by atoms with Crippen molar-refractivity contribution in [3.05, 3.63) is 35.4 Å². The summed E-state index contributed by atoms with van der Waals surface area (Å²) in [6.07, 6.45) is 0.790. The van der Waals surface area contributed by atoms with Gasteiger partial charge >= 0.3 is 6.18 Å². The lowest BCUT2D eigenvalue weighted by Crippen LogP contribution is -2.55.